The molecule has 0 aliphatic rings. The van der Waals surface area contributed by atoms with Crippen LogP contribution in [0.5, 0.6) is 5.88 Å². The Labute approximate surface area is 150 Å². The number of ether oxygens (including phenoxy) is 2. The second kappa shape index (κ2) is 8.10. The van der Waals surface area contributed by atoms with Crippen molar-refractivity contribution in [2.75, 3.05) is 19.5 Å². The summed E-state index contributed by atoms with van der Waals surface area (Å²) in [6, 6.07) is 0.532. The van der Waals surface area contributed by atoms with Gasteiger partial charge >= 0.3 is 6.03 Å². The normalized spacial score (nSPS) is 12.5. The van der Waals surface area contributed by atoms with E-state index in [4.69, 9.17) is 9.47 Å². The second-order valence-corrected chi connectivity index (χ2v) is 6.73. The van der Waals surface area contributed by atoms with Crippen molar-refractivity contribution in [2.45, 2.75) is 31.7 Å². The Morgan fingerprint density at radius 2 is 2.08 bits per heavy atom. The van der Waals surface area contributed by atoms with Crippen LogP contribution in [0.4, 0.5) is 10.7 Å². The summed E-state index contributed by atoms with van der Waals surface area (Å²) in [5.41, 5.74) is 0.538. The number of nitrogens with zero attached hydrogens (tertiary/aromatic N) is 4. The van der Waals surface area contributed by atoms with Crippen LogP contribution in [0, 0.1) is 6.92 Å². The van der Waals surface area contributed by atoms with Gasteiger partial charge in [0.2, 0.25) is 11.8 Å². The van der Waals surface area contributed by atoms with Crippen molar-refractivity contribution < 1.29 is 22.7 Å². The summed E-state index contributed by atoms with van der Waals surface area (Å²) in [6.07, 6.45) is 2.75. The van der Waals surface area contributed by atoms with Gasteiger partial charge in [-0.05, 0) is 13.3 Å². The average molecular weight is 384 g/mol. The van der Waals surface area contributed by atoms with E-state index in [1.54, 1.807) is 13.0 Å². The molecular formula is C14H20N6O5S. The van der Waals surface area contributed by atoms with Crippen molar-refractivity contribution in [1.82, 2.24) is 24.2 Å². The molecule has 0 aliphatic heterocycles. The SMILES string of the molecule is CCC(OC)n1ccnc1S(=O)(=O)NC(=O)Nc1nc(C)cc(OC)n1. The van der Waals surface area contributed by atoms with Crippen molar-refractivity contribution in [3.63, 3.8) is 0 Å². The van der Waals surface area contributed by atoms with Crippen molar-refractivity contribution in [3.05, 3.63) is 24.2 Å². The van der Waals surface area contributed by atoms with Gasteiger partial charge in [0, 0.05) is 31.3 Å². The molecule has 2 amide bonds. The van der Waals surface area contributed by atoms with Crippen molar-refractivity contribution >= 4 is 22.0 Å². The number of hydrogen-bond acceptors (Lipinski definition) is 8. The van der Waals surface area contributed by atoms with E-state index < -0.39 is 22.3 Å². The van der Waals surface area contributed by atoms with Crippen LogP contribution in [-0.2, 0) is 14.8 Å². The molecule has 26 heavy (non-hydrogen) atoms. The first-order chi connectivity index (χ1) is 12.3. The van der Waals surface area contributed by atoms with E-state index in [0.29, 0.717) is 12.1 Å². The first-order valence-electron chi connectivity index (χ1n) is 7.59. The topological polar surface area (TPSA) is 137 Å². The molecule has 2 rings (SSSR count). The van der Waals surface area contributed by atoms with E-state index in [2.05, 4.69) is 20.3 Å². The van der Waals surface area contributed by atoms with Gasteiger partial charge in [-0.1, -0.05) is 6.92 Å². The minimum absolute atomic E-state index is 0.0961. The van der Waals surface area contributed by atoms with E-state index in [9.17, 15) is 13.2 Å². The minimum atomic E-state index is -4.23. The molecule has 2 aromatic heterocycles. The summed E-state index contributed by atoms with van der Waals surface area (Å²) in [5, 5.41) is 1.91. The van der Waals surface area contributed by atoms with Gasteiger partial charge < -0.3 is 9.47 Å². The number of methoxy groups -OCH3 is 2. The number of carbonyl (C=O) groups is 1. The zero-order chi connectivity index (χ0) is 19.3. The highest BCUT2D eigenvalue weighted by molar-refractivity contribution is 7.89. The third kappa shape index (κ3) is 4.46. The van der Waals surface area contributed by atoms with Crippen LogP contribution in [0.3, 0.4) is 0 Å². The molecule has 2 heterocycles. The van der Waals surface area contributed by atoms with Gasteiger partial charge in [0.05, 0.1) is 7.11 Å². The number of imidazole rings is 1. The fraction of sp³-hybridized carbons (Fsp3) is 0.429. The third-order valence-electron chi connectivity index (χ3n) is 3.30. The average Bonchev–Trinajstić information content (AvgIpc) is 3.05. The molecule has 0 bridgehead atoms. The quantitative estimate of drug-likeness (QED) is 0.723. The highest BCUT2D eigenvalue weighted by Gasteiger charge is 2.26. The van der Waals surface area contributed by atoms with Gasteiger partial charge in [0.25, 0.3) is 15.2 Å². The first-order valence-corrected chi connectivity index (χ1v) is 9.08. The smallest absolute Gasteiger partial charge is 0.335 e. The Bertz CT molecular complexity index is 878. The molecule has 0 radical (unpaired) electrons. The van der Waals surface area contributed by atoms with Crippen LogP contribution < -0.4 is 14.8 Å². The van der Waals surface area contributed by atoms with E-state index >= 15 is 0 Å². The Morgan fingerprint density at radius 3 is 2.69 bits per heavy atom. The number of carbonyl (C=O) groups excluding carboxylic acids is 1. The molecule has 0 aromatic carbocycles. The van der Waals surface area contributed by atoms with Crippen molar-refractivity contribution in [3.8, 4) is 5.88 Å². The lowest BCUT2D eigenvalue weighted by Crippen LogP contribution is -2.36. The van der Waals surface area contributed by atoms with Gasteiger partial charge in [-0.15, -0.1) is 0 Å². The Kier molecular flexibility index (Phi) is 6.10. The minimum Gasteiger partial charge on any atom is -0.481 e. The lowest BCUT2D eigenvalue weighted by molar-refractivity contribution is 0.0337. The summed E-state index contributed by atoms with van der Waals surface area (Å²) in [6.45, 7) is 3.50. The maximum Gasteiger partial charge on any atom is 0.335 e. The van der Waals surface area contributed by atoms with Crippen LogP contribution in [0.15, 0.2) is 23.6 Å². The lowest BCUT2D eigenvalue weighted by Gasteiger charge is -2.17. The van der Waals surface area contributed by atoms with Gasteiger partial charge in [0.1, 0.15) is 6.23 Å². The number of nitrogens with one attached hydrogen (secondary N) is 2. The van der Waals surface area contributed by atoms with E-state index in [1.165, 1.54) is 31.2 Å². The fourth-order valence-electron chi connectivity index (χ4n) is 2.20. The summed E-state index contributed by atoms with van der Waals surface area (Å²) in [7, 11) is -1.37. The first kappa shape index (κ1) is 19.6. The second-order valence-electron chi connectivity index (χ2n) is 5.15. The molecule has 1 atom stereocenters. The molecule has 11 nitrogen and oxygen atoms in total. The van der Waals surface area contributed by atoms with E-state index in [-0.39, 0.29) is 17.0 Å². The van der Waals surface area contributed by atoms with Crippen LogP contribution in [0.1, 0.15) is 25.3 Å². The van der Waals surface area contributed by atoms with E-state index in [0.717, 1.165) is 0 Å². The van der Waals surface area contributed by atoms with Gasteiger partial charge in [-0.2, -0.15) is 13.4 Å². The molecule has 0 spiro atoms. The summed E-state index contributed by atoms with van der Waals surface area (Å²) in [5.74, 6) is 0.137. The predicted molar refractivity (Wildman–Crippen MR) is 91.2 cm³/mol. The molecule has 12 heteroatoms. The van der Waals surface area contributed by atoms with Crippen molar-refractivity contribution in [1.29, 1.82) is 0 Å². The number of urea groups is 1. The number of anilines is 1. The van der Waals surface area contributed by atoms with E-state index in [1.807, 2.05) is 11.6 Å². The van der Waals surface area contributed by atoms with Crippen molar-refractivity contribution in [2.24, 2.45) is 0 Å². The molecule has 0 saturated carbocycles. The summed E-state index contributed by atoms with van der Waals surface area (Å²) >= 11 is 0. The monoisotopic (exact) mass is 384 g/mol. The van der Waals surface area contributed by atoms with Gasteiger partial charge in [0.15, 0.2) is 0 Å². The van der Waals surface area contributed by atoms with Gasteiger partial charge in [-0.3, -0.25) is 9.88 Å². The predicted octanol–water partition coefficient (Wildman–Crippen LogP) is 1.06. The van der Waals surface area contributed by atoms with Crippen LogP contribution in [0.25, 0.3) is 0 Å². The molecular weight excluding hydrogens is 364 g/mol. The molecule has 142 valence electrons. The molecule has 0 aliphatic carbocycles. The summed E-state index contributed by atoms with van der Waals surface area (Å²) in [4.78, 5) is 23.8. The maximum absolute atomic E-state index is 12.5. The highest BCUT2D eigenvalue weighted by Crippen LogP contribution is 2.18. The molecule has 2 aromatic rings. The maximum atomic E-state index is 12.5. The standard InChI is InChI=1S/C14H20N6O5S/c1-5-11(25-4)20-7-6-15-14(20)26(22,23)19-13(21)18-12-16-9(2)8-10(17-12)24-3/h6-8,11H,5H2,1-4H3,(H2,16,17,18,19,21). The number of hydrogen-bond donors (Lipinski definition) is 2. The molecule has 1 unspecified atom stereocenters. The van der Waals surface area contributed by atoms with Crippen LogP contribution in [-0.4, -0.2) is 48.2 Å². The number of aromatic nitrogens is 4. The number of sulfonamides is 1. The third-order valence-corrected chi connectivity index (χ3v) is 4.55. The molecule has 2 N–H and O–H groups in total. The Hall–Kier alpha value is -2.73. The Morgan fingerprint density at radius 1 is 1.35 bits per heavy atom. The molecule has 0 fully saturated rings. The van der Waals surface area contributed by atoms with Crippen LogP contribution in [0.2, 0.25) is 0 Å². The lowest BCUT2D eigenvalue weighted by atomic mass is 10.4. The number of aryl methyl sites for hydroxylation is 1. The zero-order valence-corrected chi connectivity index (χ0v) is 15.6. The number of rotatable bonds is 7. The molecule has 0 saturated heterocycles. The highest BCUT2D eigenvalue weighted by atomic mass is 32.2. The largest absolute Gasteiger partial charge is 0.481 e. The zero-order valence-electron chi connectivity index (χ0n) is 14.8. The van der Waals surface area contributed by atoms with Gasteiger partial charge in [-0.25, -0.2) is 19.5 Å². The Balaban J connectivity index is 2.18. The fourth-order valence-corrected chi connectivity index (χ4v) is 3.24. The number of amides is 2. The summed E-state index contributed by atoms with van der Waals surface area (Å²) < 4.78 is 38.3. The van der Waals surface area contributed by atoms with Crippen LogP contribution >= 0.6 is 0 Å².